The number of nitrogens with zero attached hydrogens (tertiary/aromatic N) is 2. The van der Waals surface area contributed by atoms with Crippen LogP contribution in [0.3, 0.4) is 0 Å². The van der Waals surface area contributed by atoms with Crippen molar-refractivity contribution in [1.29, 1.82) is 0 Å². The summed E-state index contributed by atoms with van der Waals surface area (Å²) in [6.45, 7) is 4.67. The Kier molecular flexibility index (Phi) is 6.93. The Morgan fingerprint density at radius 2 is 2.12 bits per heavy atom. The zero-order chi connectivity index (χ0) is 24.4. The van der Waals surface area contributed by atoms with E-state index in [1.165, 1.54) is 25.3 Å². The van der Waals surface area contributed by atoms with Crippen molar-refractivity contribution in [3.8, 4) is 18.1 Å². The van der Waals surface area contributed by atoms with Gasteiger partial charge in [0.05, 0.1) is 16.5 Å². The molecule has 10 heteroatoms. The van der Waals surface area contributed by atoms with E-state index < -0.39 is 28.4 Å². The van der Waals surface area contributed by atoms with Crippen molar-refractivity contribution in [1.82, 2.24) is 4.98 Å². The number of carbonyl (C=O) groups excluding carboxylic acids is 1. The van der Waals surface area contributed by atoms with E-state index in [2.05, 4.69) is 21.2 Å². The van der Waals surface area contributed by atoms with E-state index in [4.69, 9.17) is 16.9 Å². The van der Waals surface area contributed by atoms with E-state index in [0.29, 0.717) is 11.3 Å². The number of hydrogen-bond donors (Lipinski definition) is 2. The van der Waals surface area contributed by atoms with Crippen LogP contribution < -0.4 is 15.8 Å². The van der Waals surface area contributed by atoms with Crippen LogP contribution in [0.2, 0.25) is 0 Å². The molecule has 0 bridgehead atoms. The molecule has 0 spiro atoms. The molecule has 3 rings (SSSR count). The van der Waals surface area contributed by atoms with Gasteiger partial charge in [0.1, 0.15) is 23.9 Å². The second-order valence-electron chi connectivity index (χ2n) is 8.09. The molecule has 1 aromatic heterocycles. The number of aliphatic imine (C=N–C) groups is 1. The van der Waals surface area contributed by atoms with Gasteiger partial charge in [-0.1, -0.05) is 17.7 Å². The first-order chi connectivity index (χ1) is 15.5. The van der Waals surface area contributed by atoms with Crippen molar-refractivity contribution in [2.75, 3.05) is 11.9 Å². The zero-order valence-corrected chi connectivity index (χ0v) is 19.1. The van der Waals surface area contributed by atoms with Crippen LogP contribution in [0.15, 0.2) is 35.5 Å². The molecular formula is C23H23F3N4O2S. The van der Waals surface area contributed by atoms with E-state index in [1.807, 2.05) is 0 Å². The Morgan fingerprint density at radius 1 is 1.39 bits per heavy atom. The van der Waals surface area contributed by atoms with E-state index in [0.717, 1.165) is 17.8 Å². The number of amides is 1. The number of ether oxygens (including phenoxy) is 1. The van der Waals surface area contributed by atoms with Gasteiger partial charge in [0.25, 0.3) is 12.3 Å². The zero-order valence-electron chi connectivity index (χ0n) is 18.3. The third-order valence-corrected chi connectivity index (χ3v) is 6.34. The number of nitrogens with two attached hydrogens (primary N) is 1. The highest BCUT2D eigenvalue weighted by Gasteiger charge is 2.48. The Bertz CT molecular complexity index is 1150. The molecule has 174 valence electrons. The molecule has 0 fully saturated rings. The van der Waals surface area contributed by atoms with Gasteiger partial charge < -0.3 is 15.8 Å². The molecule has 1 aliphatic rings. The predicted molar refractivity (Wildman–Crippen MR) is 123 cm³/mol. The van der Waals surface area contributed by atoms with Gasteiger partial charge in [0.15, 0.2) is 5.17 Å². The number of pyridine rings is 1. The number of rotatable bonds is 6. The molecule has 2 aromatic rings. The van der Waals surface area contributed by atoms with Crippen LogP contribution in [0, 0.1) is 25.1 Å². The van der Waals surface area contributed by atoms with Crippen molar-refractivity contribution >= 4 is 28.5 Å². The number of benzene rings is 1. The first-order valence-electron chi connectivity index (χ1n) is 9.94. The molecular weight excluding hydrogens is 453 g/mol. The number of thioether (sulfide) groups is 1. The van der Waals surface area contributed by atoms with E-state index in [-0.39, 0.29) is 35.1 Å². The summed E-state index contributed by atoms with van der Waals surface area (Å²) in [6, 6.07) is 5.53. The average molecular weight is 477 g/mol. The summed E-state index contributed by atoms with van der Waals surface area (Å²) in [5.74, 6) is 1.59. The topological polar surface area (TPSA) is 89.6 Å². The number of anilines is 1. The standard InChI is InChI=1S/C23H23F3N4O2S/c1-5-8-32-15-9-13(2)18(28-11-15)19(31)29-14-6-7-17(24)16(10-14)22(3)12-23(4,20(25)26)33-21(27)30-22/h1,6-7,9-11,20H,8,12H2,2-4H3,(H2,27,30)(H,29,31)/t22-,23+/m0/s1. The lowest BCUT2D eigenvalue weighted by Gasteiger charge is -2.40. The van der Waals surface area contributed by atoms with Crippen molar-refractivity contribution in [2.24, 2.45) is 10.7 Å². The van der Waals surface area contributed by atoms with E-state index >= 15 is 0 Å². The van der Waals surface area contributed by atoms with Gasteiger partial charge in [-0.05, 0) is 57.0 Å². The predicted octanol–water partition coefficient (Wildman–Crippen LogP) is 4.48. The monoisotopic (exact) mass is 476 g/mol. The third-order valence-electron chi connectivity index (χ3n) is 5.25. The smallest absolute Gasteiger partial charge is 0.274 e. The normalized spacial score (nSPS) is 22.4. The molecule has 1 amide bonds. The summed E-state index contributed by atoms with van der Waals surface area (Å²) >= 11 is 0.775. The highest BCUT2D eigenvalue weighted by molar-refractivity contribution is 8.15. The fourth-order valence-electron chi connectivity index (χ4n) is 3.74. The molecule has 0 unspecified atom stereocenters. The lowest BCUT2D eigenvalue weighted by Crippen LogP contribution is -2.44. The van der Waals surface area contributed by atoms with Crippen LogP contribution in [0.1, 0.15) is 41.9 Å². The molecule has 0 radical (unpaired) electrons. The minimum atomic E-state index is -2.69. The van der Waals surface area contributed by atoms with Crippen LogP contribution in [0.25, 0.3) is 0 Å². The van der Waals surface area contributed by atoms with Crippen molar-refractivity contribution < 1.29 is 22.7 Å². The number of nitrogens with one attached hydrogen (secondary N) is 1. The summed E-state index contributed by atoms with van der Waals surface area (Å²) < 4.78 is 46.0. The number of alkyl halides is 2. The molecule has 2 atom stereocenters. The summed E-state index contributed by atoms with van der Waals surface area (Å²) in [5, 5.41) is 2.62. The molecule has 6 nitrogen and oxygen atoms in total. The number of halogens is 3. The summed E-state index contributed by atoms with van der Waals surface area (Å²) in [5.41, 5.74) is 5.49. The minimum Gasteiger partial charge on any atom is -0.479 e. The number of aryl methyl sites for hydroxylation is 1. The Morgan fingerprint density at radius 3 is 2.76 bits per heavy atom. The van der Waals surface area contributed by atoms with Gasteiger partial charge in [0.2, 0.25) is 0 Å². The average Bonchev–Trinajstić information content (AvgIpc) is 2.72. The van der Waals surface area contributed by atoms with Gasteiger partial charge in [-0.15, -0.1) is 6.42 Å². The second kappa shape index (κ2) is 9.35. The van der Waals surface area contributed by atoms with E-state index in [1.54, 1.807) is 19.9 Å². The van der Waals surface area contributed by atoms with Crippen molar-refractivity contribution in [3.05, 3.63) is 53.1 Å². The van der Waals surface area contributed by atoms with E-state index in [9.17, 15) is 18.0 Å². The highest BCUT2D eigenvalue weighted by Crippen LogP contribution is 2.48. The number of aromatic nitrogens is 1. The molecule has 0 saturated heterocycles. The van der Waals surface area contributed by atoms with Crippen molar-refractivity contribution in [3.63, 3.8) is 0 Å². The van der Waals surface area contributed by atoms with Crippen LogP contribution >= 0.6 is 11.8 Å². The Labute approximate surface area is 194 Å². The third kappa shape index (κ3) is 5.25. The maximum atomic E-state index is 14.8. The van der Waals surface area contributed by atoms with Gasteiger partial charge >= 0.3 is 0 Å². The fraction of sp³-hybridized carbons (Fsp3) is 0.348. The summed E-state index contributed by atoms with van der Waals surface area (Å²) in [6.07, 6.45) is 3.70. The maximum absolute atomic E-state index is 14.8. The highest BCUT2D eigenvalue weighted by atomic mass is 32.2. The van der Waals surface area contributed by atoms with Gasteiger partial charge in [-0.3, -0.25) is 9.79 Å². The molecule has 0 saturated carbocycles. The SMILES string of the molecule is C#CCOc1cnc(C(=O)Nc2ccc(F)c([C@]3(C)C[C@](C)(C(F)F)SC(N)=N3)c2)c(C)c1. The van der Waals surface area contributed by atoms with Gasteiger partial charge in [-0.2, -0.15) is 0 Å². The first kappa shape index (κ1) is 24.5. The number of amidine groups is 1. The van der Waals surface area contributed by atoms with Gasteiger partial charge in [-0.25, -0.2) is 18.2 Å². The minimum absolute atomic E-state index is 0.0487. The molecule has 33 heavy (non-hydrogen) atoms. The second-order valence-corrected chi connectivity index (χ2v) is 9.65. The molecule has 0 aliphatic carbocycles. The quantitative estimate of drug-likeness (QED) is 0.600. The maximum Gasteiger partial charge on any atom is 0.274 e. The van der Waals surface area contributed by atoms with Crippen LogP contribution in [-0.2, 0) is 5.54 Å². The van der Waals surface area contributed by atoms with Crippen LogP contribution in [0.5, 0.6) is 5.75 Å². The summed E-state index contributed by atoms with van der Waals surface area (Å²) in [4.78, 5) is 21.2. The van der Waals surface area contributed by atoms with Gasteiger partial charge in [0, 0.05) is 11.3 Å². The van der Waals surface area contributed by atoms with Crippen LogP contribution in [0.4, 0.5) is 18.9 Å². The Balaban J connectivity index is 1.89. The fourth-order valence-corrected chi connectivity index (χ4v) is 4.91. The van der Waals surface area contributed by atoms with Crippen molar-refractivity contribution in [2.45, 2.75) is 43.9 Å². The number of hydrogen-bond acceptors (Lipinski definition) is 6. The number of carbonyl (C=O) groups is 1. The Hall–Kier alpha value is -3.19. The lowest BCUT2D eigenvalue weighted by molar-refractivity contribution is 0.0893. The summed E-state index contributed by atoms with van der Waals surface area (Å²) in [7, 11) is 0. The molecule has 1 aliphatic heterocycles. The lowest BCUT2D eigenvalue weighted by atomic mass is 9.83. The number of terminal acetylenes is 1. The molecule has 3 N–H and O–H groups in total. The molecule has 1 aromatic carbocycles. The molecule has 2 heterocycles. The largest absolute Gasteiger partial charge is 0.479 e. The van der Waals surface area contributed by atoms with Crippen LogP contribution in [-0.4, -0.2) is 33.8 Å². The first-order valence-corrected chi connectivity index (χ1v) is 10.8.